The Morgan fingerprint density at radius 2 is 2.07 bits per heavy atom. The average Bonchev–Trinajstić information content (AvgIpc) is 3.24. The van der Waals surface area contributed by atoms with Gasteiger partial charge in [-0.3, -0.25) is 4.79 Å². The molecule has 0 radical (unpaired) electrons. The summed E-state index contributed by atoms with van der Waals surface area (Å²) in [7, 11) is 3.77. The zero-order valence-corrected chi connectivity index (χ0v) is 16.5. The number of nitrogens with zero attached hydrogens (tertiary/aromatic N) is 6. The maximum atomic E-state index is 12.6. The lowest BCUT2D eigenvalue weighted by molar-refractivity contribution is -0.117. The monoisotopic (exact) mass is 397 g/mol. The van der Waals surface area contributed by atoms with E-state index in [2.05, 4.69) is 20.4 Å². The van der Waals surface area contributed by atoms with Gasteiger partial charge in [0.15, 0.2) is 16.4 Å². The van der Waals surface area contributed by atoms with Crippen molar-refractivity contribution >= 4 is 44.1 Å². The molecule has 1 amide bonds. The van der Waals surface area contributed by atoms with E-state index in [1.807, 2.05) is 50.2 Å². The standard InChI is InChI=1S/C18H19N7O2S/c1-4-11-7-5-6-8-12(11)20-13(26)9-25-18(27)24-10-19-15-14(16(24)22-25)28-17(21-15)23(2)3/h5-8,10H,4,9H2,1-3H3,(H,20,26). The number of rotatable bonds is 5. The quantitative estimate of drug-likeness (QED) is 0.551. The molecule has 0 saturated heterocycles. The maximum Gasteiger partial charge on any atom is 0.352 e. The van der Waals surface area contributed by atoms with E-state index >= 15 is 0 Å². The van der Waals surface area contributed by atoms with Gasteiger partial charge in [-0.15, -0.1) is 5.10 Å². The molecule has 0 fully saturated rings. The first kappa shape index (κ1) is 18.1. The summed E-state index contributed by atoms with van der Waals surface area (Å²) >= 11 is 1.40. The largest absolute Gasteiger partial charge is 0.354 e. The van der Waals surface area contributed by atoms with Crippen molar-refractivity contribution in [3.63, 3.8) is 0 Å². The molecule has 0 aliphatic heterocycles. The number of para-hydroxylation sites is 1. The second-order valence-corrected chi connectivity index (χ2v) is 7.46. The third kappa shape index (κ3) is 3.11. The highest BCUT2D eigenvalue weighted by atomic mass is 32.1. The van der Waals surface area contributed by atoms with Gasteiger partial charge in [-0.05, 0) is 18.1 Å². The Kier molecular flexibility index (Phi) is 4.55. The third-order valence-corrected chi connectivity index (χ3v) is 5.52. The predicted molar refractivity (Wildman–Crippen MR) is 109 cm³/mol. The van der Waals surface area contributed by atoms with Crippen molar-refractivity contribution in [1.82, 2.24) is 24.1 Å². The molecular weight excluding hydrogens is 378 g/mol. The number of carbonyl (C=O) groups excluding carboxylic acids is 1. The summed E-state index contributed by atoms with van der Waals surface area (Å²) in [4.78, 5) is 35.7. The van der Waals surface area contributed by atoms with Crippen LogP contribution in [-0.4, -0.2) is 44.2 Å². The molecule has 0 saturated carbocycles. The van der Waals surface area contributed by atoms with Crippen LogP contribution >= 0.6 is 11.3 Å². The number of aryl methyl sites for hydroxylation is 1. The number of benzene rings is 1. The number of carbonyl (C=O) groups is 1. The first-order valence-corrected chi connectivity index (χ1v) is 9.59. The topological polar surface area (TPSA) is 97.4 Å². The molecule has 0 unspecified atom stereocenters. The molecule has 9 nitrogen and oxygen atoms in total. The average molecular weight is 397 g/mol. The molecule has 4 rings (SSSR count). The van der Waals surface area contributed by atoms with Crippen molar-refractivity contribution in [3.8, 4) is 0 Å². The van der Waals surface area contributed by atoms with Crippen LogP contribution in [0.4, 0.5) is 10.8 Å². The molecule has 0 spiro atoms. The summed E-state index contributed by atoms with van der Waals surface area (Å²) in [6.07, 6.45) is 2.20. The van der Waals surface area contributed by atoms with Crippen molar-refractivity contribution in [3.05, 3.63) is 46.6 Å². The van der Waals surface area contributed by atoms with Crippen molar-refractivity contribution < 1.29 is 4.79 Å². The molecule has 0 bridgehead atoms. The summed E-state index contributed by atoms with van der Waals surface area (Å²) in [6.45, 7) is 1.84. The van der Waals surface area contributed by atoms with Gasteiger partial charge < -0.3 is 10.2 Å². The minimum atomic E-state index is -0.414. The summed E-state index contributed by atoms with van der Waals surface area (Å²) < 4.78 is 3.20. The normalized spacial score (nSPS) is 11.2. The van der Waals surface area contributed by atoms with Crippen LogP contribution in [0.3, 0.4) is 0 Å². The minimum Gasteiger partial charge on any atom is -0.354 e. The van der Waals surface area contributed by atoms with Crippen molar-refractivity contribution in [2.45, 2.75) is 19.9 Å². The van der Waals surface area contributed by atoms with Gasteiger partial charge in [-0.25, -0.2) is 18.9 Å². The van der Waals surface area contributed by atoms with Gasteiger partial charge >= 0.3 is 5.69 Å². The Morgan fingerprint density at radius 1 is 1.29 bits per heavy atom. The lowest BCUT2D eigenvalue weighted by Gasteiger charge is -2.09. The first-order chi connectivity index (χ1) is 13.5. The van der Waals surface area contributed by atoms with Crippen LogP contribution in [0, 0.1) is 0 Å². The smallest absolute Gasteiger partial charge is 0.352 e. The Labute approximate surface area is 164 Å². The number of nitrogens with one attached hydrogen (secondary N) is 1. The fraction of sp³-hybridized carbons (Fsp3) is 0.278. The molecule has 10 heteroatoms. The minimum absolute atomic E-state index is 0.181. The van der Waals surface area contributed by atoms with Gasteiger partial charge in [0, 0.05) is 19.8 Å². The molecule has 3 aromatic heterocycles. The van der Waals surface area contributed by atoms with E-state index in [1.165, 1.54) is 22.1 Å². The molecule has 28 heavy (non-hydrogen) atoms. The third-order valence-electron chi connectivity index (χ3n) is 4.32. The molecule has 1 N–H and O–H groups in total. The van der Waals surface area contributed by atoms with Crippen molar-refractivity contribution in [1.29, 1.82) is 0 Å². The van der Waals surface area contributed by atoms with E-state index in [9.17, 15) is 9.59 Å². The maximum absolute atomic E-state index is 12.6. The van der Waals surface area contributed by atoms with Crippen molar-refractivity contribution in [2.75, 3.05) is 24.3 Å². The fourth-order valence-electron chi connectivity index (χ4n) is 2.90. The summed E-state index contributed by atoms with van der Waals surface area (Å²) in [5.74, 6) is -0.311. The highest BCUT2D eigenvalue weighted by Gasteiger charge is 2.17. The van der Waals surface area contributed by atoms with Crippen LogP contribution < -0.4 is 15.9 Å². The Bertz CT molecular complexity index is 1240. The number of thiazole rings is 1. The summed E-state index contributed by atoms with van der Waals surface area (Å²) in [6, 6.07) is 7.59. The van der Waals surface area contributed by atoms with E-state index in [-0.39, 0.29) is 12.5 Å². The van der Waals surface area contributed by atoms with E-state index in [4.69, 9.17) is 0 Å². The second kappa shape index (κ2) is 7.04. The molecule has 0 aliphatic carbocycles. The number of aromatic nitrogens is 5. The van der Waals surface area contributed by atoms with E-state index in [0.29, 0.717) is 16.0 Å². The van der Waals surface area contributed by atoms with Gasteiger partial charge in [-0.1, -0.05) is 36.5 Å². The van der Waals surface area contributed by atoms with Gasteiger partial charge in [0.2, 0.25) is 5.91 Å². The van der Waals surface area contributed by atoms with E-state index < -0.39 is 5.69 Å². The summed E-state index contributed by atoms with van der Waals surface area (Å²) in [5.41, 5.74) is 2.34. The fourth-order valence-corrected chi connectivity index (χ4v) is 3.81. The zero-order chi connectivity index (χ0) is 19.8. The lowest BCUT2D eigenvalue weighted by Crippen LogP contribution is -2.28. The molecule has 144 valence electrons. The molecule has 0 aliphatic rings. The second-order valence-electron chi connectivity index (χ2n) is 6.48. The van der Waals surface area contributed by atoms with Crippen LogP contribution in [0.1, 0.15) is 12.5 Å². The molecular formula is C18H19N7O2S. The Hall–Kier alpha value is -3.27. The van der Waals surface area contributed by atoms with Crippen LogP contribution in [0.15, 0.2) is 35.4 Å². The van der Waals surface area contributed by atoms with E-state index in [0.717, 1.165) is 27.5 Å². The summed E-state index contributed by atoms with van der Waals surface area (Å²) in [5, 5.41) is 7.98. The number of hydrogen-bond donors (Lipinski definition) is 1. The van der Waals surface area contributed by atoms with Gasteiger partial charge in [0.1, 0.15) is 17.6 Å². The molecule has 4 aromatic rings. The van der Waals surface area contributed by atoms with Crippen LogP contribution in [-0.2, 0) is 17.8 Å². The van der Waals surface area contributed by atoms with Gasteiger partial charge in [0.25, 0.3) is 0 Å². The molecule has 0 atom stereocenters. The number of anilines is 2. The van der Waals surface area contributed by atoms with Crippen LogP contribution in [0.2, 0.25) is 0 Å². The van der Waals surface area contributed by atoms with Crippen molar-refractivity contribution in [2.24, 2.45) is 0 Å². The van der Waals surface area contributed by atoms with E-state index in [1.54, 1.807) is 0 Å². The molecule has 1 aromatic carbocycles. The Morgan fingerprint density at radius 3 is 2.82 bits per heavy atom. The lowest BCUT2D eigenvalue weighted by atomic mass is 10.1. The zero-order valence-electron chi connectivity index (χ0n) is 15.7. The van der Waals surface area contributed by atoms with Crippen LogP contribution in [0.25, 0.3) is 16.0 Å². The number of fused-ring (bicyclic) bond motifs is 3. The highest BCUT2D eigenvalue weighted by molar-refractivity contribution is 7.22. The predicted octanol–water partition coefficient (Wildman–Crippen LogP) is 1.77. The Balaban J connectivity index is 1.67. The highest BCUT2D eigenvalue weighted by Crippen LogP contribution is 2.28. The van der Waals surface area contributed by atoms with Gasteiger partial charge in [0.05, 0.1) is 0 Å². The first-order valence-electron chi connectivity index (χ1n) is 8.77. The SMILES string of the molecule is CCc1ccccc1NC(=O)Cn1nc2c3sc(N(C)C)nc3ncn2c1=O. The number of hydrogen-bond acceptors (Lipinski definition) is 7. The number of amides is 1. The van der Waals surface area contributed by atoms with Crippen LogP contribution in [0.5, 0.6) is 0 Å². The molecule has 3 heterocycles. The van der Waals surface area contributed by atoms with Gasteiger partial charge in [-0.2, -0.15) is 4.98 Å².